The Hall–Kier alpha value is -1.06. The molecule has 5 rings (SSSR count). The zero-order valence-corrected chi connectivity index (χ0v) is 25.6. The van der Waals surface area contributed by atoms with Crippen molar-refractivity contribution < 1.29 is 49.3 Å². The first-order valence-electron chi connectivity index (χ1n) is 16.2. The molecular formula is C31H52N2O10. The summed E-state index contributed by atoms with van der Waals surface area (Å²) in [4.78, 5) is 28.2. The Morgan fingerprint density at radius 2 is 1.79 bits per heavy atom. The smallest absolute Gasteiger partial charge is 0.187 e. The van der Waals surface area contributed by atoms with Crippen molar-refractivity contribution in [1.82, 2.24) is 5.32 Å². The van der Waals surface area contributed by atoms with Gasteiger partial charge in [-0.3, -0.25) is 9.59 Å². The lowest BCUT2D eigenvalue weighted by atomic mass is 9.52. The van der Waals surface area contributed by atoms with Crippen molar-refractivity contribution in [2.75, 3.05) is 20.3 Å². The Labute approximate surface area is 253 Å². The molecule has 0 aromatic heterocycles. The van der Waals surface area contributed by atoms with Crippen LogP contribution in [0.3, 0.4) is 0 Å². The number of piperidine rings is 1. The molecule has 2 saturated heterocycles. The summed E-state index contributed by atoms with van der Waals surface area (Å²) < 4.78 is 18.0. The van der Waals surface area contributed by atoms with Crippen LogP contribution in [-0.4, -0.2) is 112 Å². The van der Waals surface area contributed by atoms with Gasteiger partial charge in [-0.25, -0.2) is 0 Å². The number of rotatable bonds is 8. The Kier molecular flexibility index (Phi) is 10.3. The summed E-state index contributed by atoms with van der Waals surface area (Å²) >= 11 is 0. The number of methoxy groups -OCH3 is 1. The minimum absolute atomic E-state index is 0.0483. The lowest BCUT2D eigenvalue weighted by molar-refractivity contribution is -0.347. The Bertz CT molecular complexity index is 998. The number of nitrogens with two attached hydrogens (primary N) is 1. The summed E-state index contributed by atoms with van der Waals surface area (Å²) in [7, 11) is 1.56. The van der Waals surface area contributed by atoms with E-state index in [1.54, 1.807) is 7.11 Å². The van der Waals surface area contributed by atoms with E-state index in [1.807, 2.05) is 13.8 Å². The highest BCUT2D eigenvalue weighted by Gasteiger charge is 2.62. The average molecular weight is 613 g/mol. The van der Waals surface area contributed by atoms with Gasteiger partial charge in [-0.15, -0.1) is 0 Å². The number of ether oxygens (including phenoxy) is 3. The second-order valence-corrected chi connectivity index (χ2v) is 14.0. The van der Waals surface area contributed by atoms with Crippen LogP contribution < -0.4 is 11.1 Å². The molecule has 246 valence electrons. The molecule has 2 aliphatic heterocycles. The van der Waals surface area contributed by atoms with Crippen LogP contribution in [0.1, 0.15) is 65.2 Å². The molecule has 12 heteroatoms. The first kappa shape index (κ1) is 33.3. The number of fused-ring (bicyclic) bond motifs is 2. The summed E-state index contributed by atoms with van der Waals surface area (Å²) in [6.07, 6.45) is -4.51. The number of ketones is 2. The predicted octanol–water partition coefficient (Wildman–Crippen LogP) is -0.541. The first-order chi connectivity index (χ1) is 20.4. The first-order valence-corrected chi connectivity index (χ1v) is 16.2. The SMILES string of the molecule is CCC1C(OC)CC(O[C@H]2O[C@H](CO)[C@](O)(CCC3CCNC(N)C3)[C@H](O)[C@H]2O)C2C(=O)C3C(O)CC(C)CC3C(=O)C12. The molecule has 0 radical (unpaired) electrons. The van der Waals surface area contributed by atoms with Crippen LogP contribution in [0.25, 0.3) is 0 Å². The van der Waals surface area contributed by atoms with Gasteiger partial charge in [0.15, 0.2) is 6.29 Å². The number of Topliss-reactive ketones (excluding diaryl/α,β-unsaturated/α-hetero) is 2. The van der Waals surface area contributed by atoms with Crippen molar-refractivity contribution in [1.29, 1.82) is 0 Å². The quantitative estimate of drug-likeness (QED) is 0.185. The van der Waals surface area contributed by atoms with Crippen LogP contribution in [0, 0.1) is 41.4 Å². The fraction of sp³-hybridized carbons (Fsp3) is 0.935. The zero-order valence-electron chi connectivity index (χ0n) is 25.6. The normalized spacial score (nSPS) is 50.7. The van der Waals surface area contributed by atoms with Crippen LogP contribution >= 0.6 is 0 Å². The monoisotopic (exact) mass is 612 g/mol. The van der Waals surface area contributed by atoms with E-state index in [0.29, 0.717) is 32.1 Å². The van der Waals surface area contributed by atoms with Gasteiger partial charge in [0.05, 0.1) is 42.9 Å². The molecule has 43 heavy (non-hydrogen) atoms. The van der Waals surface area contributed by atoms with Gasteiger partial charge in [-0.2, -0.15) is 0 Å². The Balaban J connectivity index is 1.37. The van der Waals surface area contributed by atoms with E-state index < -0.39 is 78.8 Å². The van der Waals surface area contributed by atoms with Crippen LogP contribution in [0.15, 0.2) is 0 Å². The van der Waals surface area contributed by atoms with Crippen molar-refractivity contribution in [3.63, 3.8) is 0 Å². The number of carbonyl (C=O) groups is 2. The van der Waals surface area contributed by atoms with Crippen LogP contribution in [0.4, 0.5) is 0 Å². The van der Waals surface area contributed by atoms with Gasteiger partial charge in [0.25, 0.3) is 0 Å². The predicted molar refractivity (Wildman–Crippen MR) is 153 cm³/mol. The van der Waals surface area contributed by atoms with Crippen molar-refractivity contribution in [3.8, 4) is 0 Å². The van der Waals surface area contributed by atoms with Crippen LogP contribution in [0.2, 0.25) is 0 Å². The third-order valence-electron chi connectivity index (χ3n) is 11.4. The van der Waals surface area contributed by atoms with Crippen LogP contribution in [-0.2, 0) is 23.8 Å². The molecule has 0 bridgehead atoms. The number of aliphatic hydroxyl groups is 5. The van der Waals surface area contributed by atoms with Gasteiger partial charge in [-0.1, -0.05) is 20.3 Å². The number of hydrogen-bond donors (Lipinski definition) is 7. The van der Waals surface area contributed by atoms with E-state index in [1.165, 1.54) is 0 Å². The molecule has 0 aromatic carbocycles. The number of aliphatic hydroxyl groups excluding tert-OH is 4. The fourth-order valence-corrected chi connectivity index (χ4v) is 9.13. The van der Waals surface area contributed by atoms with Gasteiger partial charge < -0.3 is 50.8 Å². The molecule has 16 atom stereocenters. The zero-order chi connectivity index (χ0) is 31.2. The van der Waals surface area contributed by atoms with Crippen molar-refractivity contribution in [2.45, 2.75) is 120 Å². The van der Waals surface area contributed by atoms with Crippen molar-refractivity contribution in [2.24, 2.45) is 47.2 Å². The molecule has 0 amide bonds. The lowest BCUT2D eigenvalue weighted by Gasteiger charge is -2.54. The summed E-state index contributed by atoms with van der Waals surface area (Å²) in [5.74, 6) is -3.08. The number of carbonyl (C=O) groups excluding carboxylic acids is 2. The van der Waals surface area contributed by atoms with Gasteiger partial charge in [0.1, 0.15) is 35.5 Å². The van der Waals surface area contributed by atoms with E-state index in [9.17, 15) is 35.1 Å². The van der Waals surface area contributed by atoms with E-state index >= 15 is 0 Å². The topological polar surface area (TPSA) is 201 Å². The molecule has 2 heterocycles. The molecule has 12 nitrogen and oxygen atoms in total. The second kappa shape index (κ2) is 13.4. The maximum absolute atomic E-state index is 14.1. The Morgan fingerprint density at radius 1 is 1.05 bits per heavy atom. The highest BCUT2D eigenvalue weighted by atomic mass is 16.7. The molecule has 11 unspecified atom stereocenters. The summed E-state index contributed by atoms with van der Waals surface area (Å²) in [5.41, 5.74) is 4.08. The minimum atomic E-state index is -1.94. The number of nitrogens with one attached hydrogen (secondary N) is 1. The lowest BCUT2D eigenvalue weighted by Crippen LogP contribution is -2.68. The summed E-state index contributed by atoms with van der Waals surface area (Å²) in [6, 6.07) is 0. The highest BCUT2D eigenvalue weighted by Crippen LogP contribution is 2.52. The average Bonchev–Trinajstić information content (AvgIpc) is 2.98. The minimum Gasteiger partial charge on any atom is -0.394 e. The molecule has 0 spiro atoms. The maximum atomic E-state index is 14.1. The largest absolute Gasteiger partial charge is 0.394 e. The molecule has 3 aliphatic carbocycles. The van der Waals surface area contributed by atoms with E-state index in [-0.39, 0.29) is 48.3 Å². The molecular weight excluding hydrogens is 560 g/mol. The van der Waals surface area contributed by atoms with Crippen molar-refractivity contribution in [3.05, 3.63) is 0 Å². The van der Waals surface area contributed by atoms with Gasteiger partial charge in [-0.05, 0) is 62.8 Å². The molecule has 3 saturated carbocycles. The second-order valence-electron chi connectivity index (χ2n) is 14.0. The molecule has 5 aliphatic rings. The maximum Gasteiger partial charge on any atom is 0.187 e. The van der Waals surface area contributed by atoms with Gasteiger partial charge >= 0.3 is 0 Å². The van der Waals surface area contributed by atoms with E-state index in [2.05, 4.69) is 5.32 Å². The standard InChI is InChI=1S/C31H52N2O10/c1-4-16-19(41-3)12-20(25-24(16)26(36)17-9-14(2)10-18(35)23(17)27(25)37)42-30-28(38)29(39)31(40,21(13-34)43-30)7-5-15-6-8-33-22(32)11-15/h14-25,28-30,33-35,38-40H,4-13,32H2,1-3H3/t14?,15?,16?,17?,18?,19?,20?,21-,22?,23?,24?,25?,28-,29-,30+,31-/m1/s1. The van der Waals surface area contributed by atoms with E-state index in [4.69, 9.17) is 19.9 Å². The Morgan fingerprint density at radius 3 is 2.44 bits per heavy atom. The summed E-state index contributed by atoms with van der Waals surface area (Å²) in [6.45, 7) is 4.06. The highest BCUT2D eigenvalue weighted by molar-refractivity contribution is 6.00. The third-order valence-corrected chi connectivity index (χ3v) is 11.4. The van der Waals surface area contributed by atoms with Gasteiger partial charge in [0.2, 0.25) is 0 Å². The molecule has 0 aromatic rings. The van der Waals surface area contributed by atoms with Crippen molar-refractivity contribution >= 4 is 11.6 Å². The molecule has 8 N–H and O–H groups in total. The van der Waals surface area contributed by atoms with Gasteiger partial charge in [0, 0.05) is 25.4 Å². The third kappa shape index (κ3) is 6.09. The fourth-order valence-electron chi connectivity index (χ4n) is 9.13. The van der Waals surface area contributed by atoms with Crippen LogP contribution in [0.5, 0.6) is 0 Å². The summed E-state index contributed by atoms with van der Waals surface area (Å²) in [5, 5.41) is 58.3. The van der Waals surface area contributed by atoms with E-state index in [0.717, 1.165) is 13.0 Å². The molecule has 5 fully saturated rings. The number of hydrogen-bond acceptors (Lipinski definition) is 12.